The number of carbonyl (C=O) groups is 1. The zero-order valence-corrected chi connectivity index (χ0v) is 17.9. The van der Waals surface area contributed by atoms with E-state index in [4.69, 9.17) is 0 Å². The van der Waals surface area contributed by atoms with Gasteiger partial charge in [0.05, 0.1) is 21.4 Å². The van der Waals surface area contributed by atoms with E-state index in [1.54, 1.807) is 18.5 Å². The Morgan fingerprint density at radius 3 is 2.67 bits per heavy atom. The maximum Gasteiger partial charge on any atom is 0.418 e. The molecule has 13 heteroatoms. The highest BCUT2D eigenvalue weighted by molar-refractivity contribution is 8.00. The Labute approximate surface area is 189 Å². The zero-order valence-electron chi connectivity index (χ0n) is 17.1. The van der Waals surface area contributed by atoms with Gasteiger partial charge in [0.25, 0.3) is 5.69 Å². The Morgan fingerprint density at radius 2 is 2.06 bits per heavy atom. The highest BCUT2D eigenvalue weighted by atomic mass is 32.2. The number of nitrogens with zero attached hydrogens (tertiary/aromatic N) is 5. The van der Waals surface area contributed by atoms with Crippen molar-refractivity contribution >= 4 is 29.0 Å². The Morgan fingerprint density at radius 1 is 1.30 bits per heavy atom. The van der Waals surface area contributed by atoms with Crippen molar-refractivity contribution in [2.45, 2.75) is 42.4 Å². The number of amides is 1. The highest BCUT2D eigenvalue weighted by Crippen LogP contribution is 2.42. The predicted molar refractivity (Wildman–Crippen MR) is 114 cm³/mol. The average Bonchev–Trinajstić information content (AvgIpc) is 3.53. The molecule has 0 saturated heterocycles. The number of hydrogen-bond donors (Lipinski definition) is 1. The molecule has 0 spiro atoms. The highest BCUT2D eigenvalue weighted by Gasteiger charge is 2.36. The van der Waals surface area contributed by atoms with Crippen LogP contribution in [-0.4, -0.2) is 35.8 Å². The summed E-state index contributed by atoms with van der Waals surface area (Å²) in [6.45, 7) is 1.54. The number of hydrogen-bond acceptors (Lipinski definition) is 7. The molecule has 2 aromatic heterocycles. The van der Waals surface area contributed by atoms with Gasteiger partial charge < -0.3 is 5.32 Å². The fourth-order valence-electron chi connectivity index (χ4n) is 3.15. The predicted octanol–water partition coefficient (Wildman–Crippen LogP) is 4.72. The van der Waals surface area contributed by atoms with Crippen LogP contribution in [-0.2, 0) is 11.0 Å². The molecule has 1 N–H and O–H groups in total. The number of nitro groups is 1. The number of anilines is 1. The number of benzene rings is 1. The SMILES string of the molecule is CC(Sc1nnc(-c2cccnc2)n1C1CC1)C(=O)Nc1ccc([N+](=O)[O-])cc1C(F)(F)F. The van der Waals surface area contributed by atoms with Crippen molar-refractivity contribution in [1.29, 1.82) is 0 Å². The molecule has 1 saturated carbocycles. The summed E-state index contributed by atoms with van der Waals surface area (Å²) in [6.07, 6.45) is 0.266. The Bertz CT molecular complexity index is 1200. The van der Waals surface area contributed by atoms with Crippen LogP contribution in [0.4, 0.5) is 24.5 Å². The van der Waals surface area contributed by atoms with Crippen LogP contribution in [0, 0.1) is 10.1 Å². The molecular weight excluding hydrogens is 461 g/mol. The van der Waals surface area contributed by atoms with Crippen molar-refractivity contribution < 1.29 is 22.9 Å². The van der Waals surface area contributed by atoms with Gasteiger partial charge in [0.1, 0.15) is 0 Å². The van der Waals surface area contributed by atoms with Gasteiger partial charge >= 0.3 is 6.18 Å². The monoisotopic (exact) mass is 478 g/mol. The molecule has 0 bridgehead atoms. The fraction of sp³-hybridized carbons (Fsp3) is 0.300. The van der Waals surface area contributed by atoms with Gasteiger partial charge in [-0.1, -0.05) is 11.8 Å². The first kappa shape index (κ1) is 22.7. The van der Waals surface area contributed by atoms with Gasteiger partial charge in [0.2, 0.25) is 5.91 Å². The second-order valence-electron chi connectivity index (χ2n) is 7.38. The van der Waals surface area contributed by atoms with Crippen LogP contribution in [0.1, 0.15) is 31.4 Å². The van der Waals surface area contributed by atoms with E-state index in [0.717, 1.165) is 42.3 Å². The van der Waals surface area contributed by atoms with E-state index in [0.29, 0.717) is 17.0 Å². The number of pyridine rings is 1. The second-order valence-corrected chi connectivity index (χ2v) is 8.69. The molecule has 1 atom stereocenters. The summed E-state index contributed by atoms with van der Waals surface area (Å²) in [5.74, 6) is -0.0944. The van der Waals surface area contributed by atoms with Crippen LogP contribution >= 0.6 is 11.8 Å². The topological polar surface area (TPSA) is 116 Å². The molecule has 172 valence electrons. The number of carbonyl (C=O) groups excluding carboxylic acids is 1. The summed E-state index contributed by atoms with van der Waals surface area (Å²) in [5, 5.41) is 21.2. The first-order valence-corrected chi connectivity index (χ1v) is 10.7. The third-order valence-corrected chi connectivity index (χ3v) is 5.98. The summed E-state index contributed by atoms with van der Waals surface area (Å²) < 4.78 is 42.1. The largest absolute Gasteiger partial charge is 0.418 e. The summed E-state index contributed by atoms with van der Waals surface area (Å²) in [7, 11) is 0. The summed E-state index contributed by atoms with van der Waals surface area (Å²) in [4.78, 5) is 26.7. The lowest BCUT2D eigenvalue weighted by atomic mass is 10.1. The number of nitro benzene ring substituents is 1. The molecule has 0 radical (unpaired) electrons. The smallest absolute Gasteiger partial charge is 0.325 e. The third-order valence-electron chi connectivity index (χ3n) is 4.92. The fourth-order valence-corrected chi connectivity index (χ4v) is 4.07. The zero-order chi connectivity index (χ0) is 23.8. The Kier molecular flexibility index (Phi) is 6.06. The number of thioether (sulfide) groups is 1. The maximum absolute atomic E-state index is 13.4. The number of alkyl halides is 3. The van der Waals surface area contributed by atoms with Gasteiger partial charge in [-0.25, -0.2) is 0 Å². The summed E-state index contributed by atoms with van der Waals surface area (Å²) in [5.41, 5.74) is -1.79. The third kappa shape index (κ3) is 4.97. The minimum absolute atomic E-state index is 0.180. The molecule has 1 aliphatic carbocycles. The lowest BCUT2D eigenvalue weighted by molar-refractivity contribution is -0.385. The van der Waals surface area contributed by atoms with Crippen molar-refractivity contribution in [3.05, 3.63) is 58.4 Å². The van der Waals surface area contributed by atoms with Gasteiger partial charge in [-0.2, -0.15) is 13.2 Å². The van der Waals surface area contributed by atoms with Crippen LogP contribution in [0.2, 0.25) is 0 Å². The van der Waals surface area contributed by atoms with E-state index < -0.39 is 39.2 Å². The van der Waals surface area contributed by atoms with Gasteiger partial charge in [0.15, 0.2) is 11.0 Å². The van der Waals surface area contributed by atoms with Crippen molar-refractivity contribution in [3.63, 3.8) is 0 Å². The lowest BCUT2D eigenvalue weighted by Crippen LogP contribution is -2.24. The van der Waals surface area contributed by atoms with Gasteiger partial charge in [-0.15, -0.1) is 10.2 Å². The quantitative estimate of drug-likeness (QED) is 0.297. The molecule has 1 aliphatic rings. The summed E-state index contributed by atoms with van der Waals surface area (Å²) >= 11 is 1.07. The van der Waals surface area contributed by atoms with E-state index >= 15 is 0 Å². The van der Waals surface area contributed by atoms with Crippen molar-refractivity contribution in [1.82, 2.24) is 19.7 Å². The number of nitrogens with one attached hydrogen (secondary N) is 1. The molecule has 2 heterocycles. The molecule has 1 amide bonds. The van der Waals surface area contributed by atoms with Crippen LogP contribution in [0.5, 0.6) is 0 Å². The number of halogens is 3. The molecule has 3 aromatic rings. The minimum atomic E-state index is -4.88. The van der Waals surface area contributed by atoms with E-state index in [9.17, 15) is 28.1 Å². The number of rotatable bonds is 7. The minimum Gasteiger partial charge on any atom is -0.325 e. The van der Waals surface area contributed by atoms with Crippen molar-refractivity contribution in [3.8, 4) is 11.4 Å². The normalized spacial score (nSPS) is 14.7. The maximum atomic E-state index is 13.4. The Balaban J connectivity index is 1.55. The molecule has 33 heavy (non-hydrogen) atoms. The first-order valence-electron chi connectivity index (χ1n) is 9.83. The van der Waals surface area contributed by atoms with Gasteiger partial charge in [0, 0.05) is 36.1 Å². The molecular formula is C20H17F3N6O3S. The van der Waals surface area contributed by atoms with Crippen molar-refractivity contribution in [2.75, 3.05) is 5.32 Å². The molecule has 9 nitrogen and oxygen atoms in total. The molecule has 0 aliphatic heterocycles. The van der Waals surface area contributed by atoms with Crippen LogP contribution in [0.25, 0.3) is 11.4 Å². The standard InChI is InChI=1S/C20H17F3N6O3S/c1-11(18(30)25-16-7-6-14(29(31)32)9-15(16)20(21,22)23)33-19-27-26-17(28(19)13-4-5-13)12-3-2-8-24-10-12/h2-3,6-11,13H,4-5H2,1H3,(H,25,30). The Hall–Kier alpha value is -3.48. The molecule has 1 aromatic carbocycles. The summed E-state index contributed by atoms with van der Waals surface area (Å²) in [6, 6.07) is 5.98. The van der Waals surface area contributed by atoms with E-state index in [1.807, 2.05) is 10.6 Å². The van der Waals surface area contributed by atoms with E-state index in [1.165, 1.54) is 6.92 Å². The van der Waals surface area contributed by atoms with Crippen LogP contribution in [0.15, 0.2) is 47.9 Å². The lowest BCUT2D eigenvalue weighted by Gasteiger charge is -2.16. The van der Waals surface area contributed by atoms with Gasteiger partial charge in [-0.3, -0.25) is 24.5 Å². The van der Waals surface area contributed by atoms with Crippen molar-refractivity contribution in [2.24, 2.45) is 0 Å². The number of aromatic nitrogens is 4. The van der Waals surface area contributed by atoms with E-state index in [2.05, 4.69) is 20.5 Å². The molecule has 1 fully saturated rings. The van der Waals surface area contributed by atoms with Crippen LogP contribution < -0.4 is 5.32 Å². The van der Waals surface area contributed by atoms with Crippen LogP contribution in [0.3, 0.4) is 0 Å². The molecule has 4 rings (SSSR count). The second kappa shape index (κ2) is 8.81. The van der Waals surface area contributed by atoms with Gasteiger partial charge in [-0.05, 0) is 38.0 Å². The average molecular weight is 478 g/mol. The van der Waals surface area contributed by atoms with E-state index in [-0.39, 0.29) is 6.04 Å². The molecule has 1 unspecified atom stereocenters. The number of non-ortho nitro benzene ring substituents is 1. The first-order chi connectivity index (χ1) is 15.6.